The SMILES string of the molecule is COC(=O)c1cnc2c(F)c(F)ccc2c1. The molecule has 0 spiro atoms. The fourth-order valence-corrected chi connectivity index (χ4v) is 1.37. The molecular formula is C11H7F2NO2. The van der Waals surface area contributed by atoms with Gasteiger partial charge in [0, 0.05) is 11.6 Å². The largest absolute Gasteiger partial charge is 0.465 e. The maximum Gasteiger partial charge on any atom is 0.339 e. The summed E-state index contributed by atoms with van der Waals surface area (Å²) in [5.41, 5.74) is 0.0914. The second-order valence-electron chi connectivity index (χ2n) is 3.15. The van der Waals surface area contributed by atoms with Crippen molar-refractivity contribution in [3.8, 4) is 0 Å². The van der Waals surface area contributed by atoms with Crippen molar-refractivity contribution in [2.45, 2.75) is 0 Å². The van der Waals surface area contributed by atoms with Crippen LogP contribution in [0.5, 0.6) is 0 Å². The Morgan fingerprint density at radius 2 is 2.12 bits per heavy atom. The van der Waals surface area contributed by atoms with Crippen LogP contribution in [0.15, 0.2) is 24.4 Å². The molecule has 3 nitrogen and oxygen atoms in total. The second-order valence-corrected chi connectivity index (χ2v) is 3.15. The molecule has 0 radical (unpaired) electrons. The molecule has 2 rings (SSSR count). The van der Waals surface area contributed by atoms with E-state index < -0.39 is 17.6 Å². The summed E-state index contributed by atoms with van der Waals surface area (Å²) in [4.78, 5) is 14.9. The van der Waals surface area contributed by atoms with Crippen molar-refractivity contribution < 1.29 is 18.3 Å². The lowest BCUT2D eigenvalue weighted by Crippen LogP contribution is -2.02. The number of halogens is 2. The predicted octanol–water partition coefficient (Wildman–Crippen LogP) is 2.30. The molecule has 82 valence electrons. The van der Waals surface area contributed by atoms with E-state index in [4.69, 9.17) is 0 Å². The van der Waals surface area contributed by atoms with Gasteiger partial charge < -0.3 is 4.74 Å². The summed E-state index contributed by atoms with van der Waals surface area (Å²) in [6, 6.07) is 3.74. The lowest BCUT2D eigenvalue weighted by Gasteiger charge is -2.02. The molecule has 0 N–H and O–H groups in total. The van der Waals surface area contributed by atoms with Gasteiger partial charge in [-0.2, -0.15) is 0 Å². The fraction of sp³-hybridized carbons (Fsp3) is 0.0909. The molecule has 0 bridgehead atoms. The Kier molecular flexibility index (Phi) is 2.52. The minimum atomic E-state index is -1.02. The van der Waals surface area contributed by atoms with E-state index in [0.717, 1.165) is 12.3 Å². The third-order valence-corrected chi connectivity index (χ3v) is 2.17. The van der Waals surface area contributed by atoms with Gasteiger partial charge in [0.25, 0.3) is 0 Å². The highest BCUT2D eigenvalue weighted by molar-refractivity contribution is 5.93. The summed E-state index contributed by atoms with van der Waals surface area (Å²) < 4.78 is 30.6. The van der Waals surface area contributed by atoms with E-state index in [9.17, 15) is 13.6 Å². The van der Waals surface area contributed by atoms with Crippen molar-refractivity contribution in [2.75, 3.05) is 7.11 Å². The molecule has 0 aliphatic carbocycles. The summed E-state index contributed by atoms with van der Waals surface area (Å²) in [6.45, 7) is 0. The molecule has 0 unspecified atom stereocenters. The van der Waals surface area contributed by atoms with E-state index in [1.54, 1.807) is 0 Å². The summed E-state index contributed by atoms with van der Waals surface area (Å²) >= 11 is 0. The highest BCUT2D eigenvalue weighted by Crippen LogP contribution is 2.19. The average molecular weight is 223 g/mol. The van der Waals surface area contributed by atoms with Crippen LogP contribution < -0.4 is 0 Å². The molecule has 5 heteroatoms. The van der Waals surface area contributed by atoms with Crippen LogP contribution in [0.25, 0.3) is 10.9 Å². The van der Waals surface area contributed by atoms with Crippen LogP contribution >= 0.6 is 0 Å². The van der Waals surface area contributed by atoms with Crippen molar-refractivity contribution >= 4 is 16.9 Å². The number of carbonyl (C=O) groups excluding carboxylic acids is 1. The predicted molar refractivity (Wildman–Crippen MR) is 53.0 cm³/mol. The topological polar surface area (TPSA) is 39.2 Å². The molecule has 16 heavy (non-hydrogen) atoms. The van der Waals surface area contributed by atoms with Gasteiger partial charge in [-0.1, -0.05) is 0 Å². The Balaban J connectivity index is 2.65. The van der Waals surface area contributed by atoms with Crippen LogP contribution in [0.4, 0.5) is 8.78 Å². The van der Waals surface area contributed by atoms with E-state index in [0.29, 0.717) is 5.39 Å². The lowest BCUT2D eigenvalue weighted by atomic mass is 10.1. The number of esters is 1. The summed E-state index contributed by atoms with van der Waals surface area (Å²) in [5.74, 6) is -2.56. The fourth-order valence-electron chi connectivity index (χ4n) is 1.37. The van der Waals surface area contributed by atoms with Crippen LogP contribution in [-0.2, 0) is 4.74 Å². The average Bonchev–Trinajstić information content (AvgIpc) is 2.32. The van der Waals surface area contributed by atoms with E-state index in [2.05, 4.69) is 9.72 Å². The molecule has 1 aromatic carbocycles. The number of rotatable bonds is 1. The molecule has 0 atom stereocenters. The third kappa shape index (κ3) is 1.60. The summed E-state index contributed by atoms with van der Waals surface area (Å²) in [6.07, 6.45) is 1.15. The van der Waals surface area contributed by atoms with Gasteiger partial charge in [0.2, 0.25) is 0 Å². The molecule has 1 heterocycles. The molecule has 0 saturated carbocycles. The van der Waals surface area contributed by atoms with Crippen LogP contribution in [-0.4, -0.2) is 18.1 Å². The van der Waals surface area contributed by atoms with E-state index in [-0.39, 0.29) is 11.1 Å². The normalized spacial score (nSPS) is 10.4. The molecular weight excluding hydrogens is 216 g/mol. The number of pyridine rings is 1. The van der Waals surface area contributed by atoms with E-state index >= 15 is 0 Å². The molecule has 0 fully saturated rings. The van der Waals surface area contributed by atoms with Crippen molar-refractivity contribution in [2.24, 2.45) is 0 Å². The Hall–Kier alpha value is -2.04. The lowest BCUT2D eigenvalue weighted by molar-refractivity contribution is 0.0600. The third-order valence-electron chi connectivity index (χ3n) is 2.17. The standard InChI is InChI=1S/C11H7F2NO2/c1-16-11(15)7-4-6-2-3-8(12)9(13)10(6)14-5-7/h2-5H,1H3. The van der Waals surface area contributed by atoms with Gasteiger partial charge in [-0.3, -0.25) is 4.98 Å². The maximum absolute atomic E-state index is 13.3. The smallest absolute Gasteiger partial charge is 0.339 e. The first-order valence-corrected chi connectivity index (χ1v) is 4.45. The first-order chi connectivity index (χ1) is 7.63. The zero-order chi connectivity index (χ0) is 11.7. The van der Waals surface area contributed by atoms with Gasteiger partial charge in [-0.25, -0.2) is 13.6 Å². The monoisotopic (exact) mass is 223 g/mol. The number of ether oxygens (including phenoxy) is 1. The highest BCUT2D eigenvalue weighted by Gasteiger charge is 2.11. The van der Waals surface area contributed by atoms with E-state index in [1.807, 2.05) is 0 Å². The Labute approximate surface area is 89.7 Å². The number of fused-ring (bicyclic) bond motifs is 1. The Morgan fingerprint density at radius 1 is 1.38 bits per heavy atom. The number of methoxy groups -OCH3 is 1. The Morgan fingerprint density at radius 3 is 2.81 bits per heavy atom. The first-order valence-electron chi connectivity index (χ1n) is 4.45. The molecule has 0 saturated heterocycles. The van der Waals surface area contributed by atoms with Crippen molar-refractivity contribution in [3.63, 3.8) is 0 Å². The van der Waals surface area contributed by atoms with Gasteiger partial charge in [-0.15, -0.1) is 0 Å². The van der Waals surface area contributed by atoms with Crippen molar-refractivity contribution in [3.05, 3.63) is 41.6 Å². The van der Waals surface area contributed by atoms with Gasteiger partial charge in [0.15, 0.2) is 11.6 Å². The number of hydrogen-bond donors (Lipinski definition) is 0. The zero-order valence-corrected chi connectivity index (χ0v) is 8.33. The quantitative estimate of drug-likeness (QED) is 0.696. The minimum Gasteiger partial charge on any atom is -0.465 e. The van der Waals surface area contributed by atoms with Crippen molar-refractivity contribution in [1.82, 2.24) is 4.98 Å². The molecule has 2 aromatic rings. The van der Waals surface area contributed by atoms with Gasteiger partial charge in [-0.05, 0) is 18.2 Å². The summed E-state index contributed by atoms with van der Waals surface area (Å²) in [7, 11) is 1.23. The molecule has 0 aliphatic heterocycles. The second kappa shape index (κ2) is 3.84. The maximum atomic E-state index is 13.3. The zero-order valence-electron chi connectivity index (χ0n) is 8.33. The van der Waals surface area contributed by atoms with Crippen LogP contribution in [0.1, 0.15) is 10.4 Å². The Bertz CT molecular complexity index is 569. The van der Waals surface area contributed by atoms with Gasteiger partial charge in [0.05, 0.1) is 12.7 Å². The van der Waals surface area contributed by atoms with Crippen LogP contribution in [0.3, 0.4) is 0 Å². The van der Waals surface area contributed by atoms with Crippen LogP contribution in [0.2, 0.25) is 0 Å². The summed E-state index contributed by atoms with van der Waals surface area (Å²) in [5, 5.41) is 0.349. The minimum absolute atomic E-state index is 0.104. The number of aromatic nitrogens is 1. The number of nitrogens with zero attached hydrogens (tertiary/aromatic N) is 1. The number of benzene rings is 1. The number of carbonyl (C=O) groups is 1. The molecule has 1 aromatic heterocycles. The highest BCUT2D eigenvalue weighted by atomic mass is 19.2. The van der Waals surface area contributed by atoms with Crippen molar-refractivity contribution in [1.29, 1.82) is 0 Å². The molecule has 0 amide bonds. The first kappa shape index (κ1) is 10.5. The van der Waals surface area contributed by atoms with E-state index in [1.165, 1.54) is 19.2 Å². The number of hydrogen-bond acceptors (Lipinski definition) is 3. The van der Waals surface area contributed by atoms with Gasteiger partial charge >= 0.3 is 5.97 Å². The van der Waals surface area contributed by atoms with Gasteiger partial charge in [0.1, 0.15) is 5.52 Å². The van der Waals surface area contributed by atoms with Crippen LogP contribution in [0, 0.1) is 11.6 Å². The molecule has 0 aliphatic rings.